The Labute approximate surface area is 215 Å². The molecule has 0 aromatic heterocycles. The number of rotatable bonds is 9. The number of halogens is 3. The van der Waals surface area contributed by atoms with E-state index in [-0.39, 0.29) is 23.8 Å². The van der Waals surface area contributed by atoms with Crippen molar-refractivity contribution < 1.29 is 22.7 Å². The zero-order valence-electron chi connectivity index (χ0n) is 22.0. The second-order valence-electron chi connectivity index (χ2n) is 11.6. The second-order valence-corrected chi connectivity index (χ2v) is 11.6. The van der Waals surface area contributed by atoms with Gasteiger partial charge in [-0.25, -0.2) is 13.2 Å². The summed E-state index contributed by atoms with van der Waals surface area (Å²) in [6, 6.07) is 2.54. The zero-order valence-corrected chi connectivity index (χ0v) is 22.0. The van der Waals surface area contributed by atoms with Gasteiger partial charge in [0.2, 0.25) is 0 Å². The molecule has 202 valence electrons. The van der Waals surface area contributed by atoms with E-state index in [0.717, 1.165) is 25.9 Å². The Hall–Kier alpha value is -1.56. The average Bonchev–Trinajstić information content (AvgIpc) is 2.88. The molecule has 3 atom stereocenters. The lowest BCUT2D eigenvalue weighted by atomic mass is 9.72. The molecule has 1 aromatic rings. The van der Waals surface area contributed by atoms with Gasteiger partial charge in [0.05, 0.1) is 6.61 Å². The number of carbonyl (C=O) groups excluding carboxylic acids is 1. The van der Waals surface area contributed by atoms with E-state index < -0.39 is 17.5 Å². The normalized spacial score (nSPS) is 26.3. The largest absolute Gasteiger partial charge is 0.466 e. The first kappa shape index (κ1) is 27.5. The van der Waals surface area contributed by atoms with Gasteiger partial charge in [-0.3, -0.25) is 9.69 Å². The summed E-state index contributed by atoms with van der Waals surface area (Å²) in [6.07, 6.45) is 15.6. The van der Waals surface area contributed by atoms with Crippen LogP contribution in [0.15, 0.2) is 12.1 Å². The van der Waals surface area contributed by atoms with Crippen LogP contribution in [0.25, 0.3) is 0 Å². The molecule has 0 aliphatic heterocycles. The maximum Gasteiger partial charge on any atom is 0.306 e. The Kier molecular flexibility index (Phi) is 10.1. The van der Waals surface area contributed by atoms with E-state index in [9.17, 15) is 18.0 Å². The van der Waals surface area contributed by atoms with E-state index in [1.54, 1.807) is 6.92 Å². The van der Waals surface area contributed by atoms with Crippen LogP contribution in [0.3, 0.4) is 0 Å². The van der Waals surface area contributed by atoms with E-state index in [0.29, 0.717) is 36.8 Å². The summed E-state index contributed by atoms with van der Waals surface area (Å²) in [4.78, 5) is 14.9. The summed E-state index contributed by atoms with van der Waals surface area (Å²) >= 11 is 0. The summed E-state index contributed by atoms with van der Waals surface area (Å²) < 4.78 is 47.8. The van der Waals surface area contributed by atoms with Crippen LogP contribution in [-0.2, 0) is 9.53 Å². The topological polar surface area (TPSA) is 29.5 Å². The fourth-order valence-corrected chi connectivity index (χ4v) is 7.22. The first-order valence-electron chi connectivity index (χ1n) is 14.5. The van der Waals surface area contributed by atoms with Gasteiger partial charge in [0.15, 0.2) is 17.5 Å². The van der Waals surface area contributed by atoms with Crippen LogP contribution in [0, 0.1) is 35.2 Å². The summed E-state index contributed by atoms with van der Waals surface area (Å²) in [5.41, 5.74) is 0.530. The van der Waals surface area contributed by atoms with E-state index >= 15 is 0 Å². The molecule has 36 heavy (non-hydrogen) atoms. The molecule has 0 saturated heterocycles. The molecule has 0 amide bonds. The molecule has 0 radical (unpaired) electrons. The maximum absolute atomic E-state index is 14.4. The summed E-state index contributed by atoms with van der Waals surface area (Å²) in [7, 11) is 0. The lowest BCUT2D eigenvalue weighted by Gasteiger charge is -2.46. The molecule has 3 fully saturated rings. The number of benzene rings is 1. The smallest absolute Gasteiger partial charge is 0.306 e. The quantitative estimate of drug-likeness (QED) is 0.253. The van der Waals surface area contributed by atoms with E-state index in [2.05, 4.69) is 4.90 Å². The molecular weight excluding hydrogens is 463 g/mol. The second kappa shape index (κ2) is 13.3. The molecule has 3 aliphatic carbocycles. The van der Waals surface area contributed by atoms with Crippen molar-refractivity contribution in [2.45, 2.75) is 109 Å². The fraction of sp³-hybridized carbons (Fsp3) is 0.767. The third kappa shape index (κ3) is 7.26. The first-order chi connectivity index (χ1) is 17.4. The summed E-state index contributed by atoms with van der Waals surface area (Å²) in [5, 5.41) is 0. The van der Waals surface area contributed by atoms with Crippen molar-refractivity contribution in [3.63, 3.8) is 0 Å². The van der Waals surface area contributed by atoms with Gasteiger partial charge in [0.1, 0.15) is 0 Å². The number of ether oxygens (including phenoxy) is 1. The zero-order chi connectivity index (χ0) is 25.5. The molecule has 6 heteroatoms. The first-order valence-corrected chi connectivity index (χ1v) is 14.5. The van der Waals surface area contributed by atoms with Crippen molar-refractivity contribution in [1.29, 1.82) is 0 Å². The van der Waals surface area contributed by atoms with Crippen LogP contribution in [-0.4, -0.2) is 36.6 Å². The number of esters is 1. The minimum absolute atomic E-state index is 0.104. The molecule has 0 bridgehead atoms. The van der Waals surface area contributed by atoms with Crippen LogP contribution in [0.5, 0.6) is 0 Å². The van der Waals surface area contributed by atoms with Gasteiger partial charge in [0.25, 0.3) is 0 Å². The average molecular weight is 508 g/mol. The highest BCUT2D eigenvalue weighted by atomic mass is 19.2. The van der Waals surface area contributed by atoms with Crippen LogP contribution in [0.1, 0.15) is 108 Å². The molecule has 0 spiro atoms. The van der Waals surface area contributed by atoms with Crippen LogP contribution >= 0.6 is 0 Å². The standard InChI is InChI=1S/C30H44F3NO2/c1-2-36-29(35)16-23-13-14-28(25(15-23)24-17-26(31)30(33)27(32)18-24)34(19-21-9-5-3-6-10-21)20-22-11-7-4-8-12-22/h17-18,21-23,25,28H,2-16,19-20H2,1H3. The Morgan fingerprint density at radius 1 is 0.833 bits per heavy atom. The number of carbonyl (C=O) groups is 1. The Morgan fingerprint density at radius 3 is 1.92 bits per heavy atom. The molecule has 3 unspecified atom stereocenters. The minimum atomic E-state index is -1.41. The van der Waals surface area contributed by atoms with E-state index in [1.165, 1.54) is 76.3 Å². The molecule has 3 saturated carbocycles. The van der Waals surface area contributed by atoms with Gasteiger partial charge in [0, 0.05) is 25.6 Å². The van der Waals surface area contributed by atoms with Gasteiger partial charge >= 0.3 is 5.97 Å². The molecule has 3 aliphatic rings. The van der Waals surface area contributed by atoms with Crippen molar-refractivity contribution >= 4 is 5.97 Å². The van der Waals surface area contributed by atoms with Crippen molar-refractivity contribution in [2.75, 3.05) is 19.7 Å². The van der Waals surface area contributed by atoms with E-state index in [4.69, 9.17) is 4.74 Å². The molecule has 3 nitrogen and oxygen atoms in total. The summed E-state index contributed by atoms with van der Waals surface area (Å²) in [6.45, 7) is 4.22. The molecule has 4 rings (SSSR count). The van der Waals surface area contributed by atoms with Crippen molar-refractivity contribution in [2.24, 2.45) is 17.8 Å². The SMILES string of the molecule is CCOC(=O)CC1CCC(N(CC2CCCCC2)CC2CCCCC2)C(c2cc(F)c(F)c(F)c2)C1. The summed E-state index contributed by atoms with van der Waals surface area (Å²) in [5.74, 6) is -2.55. The molecule has 1 aromatic carbocycles. The predicted octanol–water partition coefficient (Wildman–Crippen LogP) is 7.77. The van der Waals surface area contributed by atoms with Gasteiger partial charge in [-0.05, 0) is 93.2 Å². The van der Waals surface area contributed by atoms with Gasteiger partial charge in [-0.2, -0.15) is 0 Å². The highest BCUT2D eigenvalue weighted by molar-refractivity contribution is 5.69. The Morgan fingerprint density at radius 2 is 1.39 bits per heavy atom. The van der Waals surface area contributed by atoms with Crippen molar-refractivity contribution in [3.8, 4) is 0 Å². The number of hydrogen-bond donors (Lipinski definition) is 0. The van der Waals surface area contributed by atoms with Crippen LogP contribution in [0.4, 0.5) is 13.2 Å². The minimum Gasteiger partial charge on any atom is -0.466 e. The highest BCUT2D eigenvalue weighted by Crippen LogP contribution is 2.43. The maximum atomic E-state index is 14.4. The third-order valence-electron chi connectivity index (χ3n) is 9.02. The monoisotopic (exact) mass is 507 g/mol. The predicted molar refractivity (Wildman–Crippen MR) is 136 cm³/mol. The fourth-order valence-electron chi connectivity index (χ4n) is 7.22. The van der Waals surface area contributed by atoms with Crippen molar-refractivity contribution in [3.05, 3.63) is 35.1 Å². The van der Waals surface area contributed by atoms with Crippen LogP contribution in [0.2, 0.25) is 0 Å². The Bertz CT molecular complexity index is 808. The van der Waals surface area contributed by atoms with Gasteiger partial charge in [-0.1, -0.05) is 38.5 Å². The van der Waals surface area contributed by atoms with E-state index in [1.807, 2.05) is 0 Å². The van der Waals surface area contributed by atoms with Crippen LogP contribution < -0.4 is 0 Å². The number of hydrogen-bond acceptors (Lipinski definition) is 3. The van der Waals surface area contributed by atoms with Gasteiger partial charge in [-0.15, -0.1) is 0 Å². The molecular formula is C30H44F3NO2. The highest BCUT2D eigenvalue weighted by Gasteiger charge is 2.38. The Balaban J connectivity index is 1.60. The third-order valence-corrected chi connectivity index (χ3v) is 9.02. The lowest BCUT2D eigenvalue weighted by molar-refractivity contribution is -0.144. The van der Waals surface area contributed by atoms with Crippen molar-refractivity contribution in [1.82, 2.24) is 4.90 Å². The molecule has 0 heterocycles. The number of nitrogens with zero attached hydrogens (tertiary/aromatic N) is 1. The molecule has 0 N–H and O–H groups in total. The van der Waals surface area contributed by atoms with Gasteiger partial charge < -0.3 is 4.74 Å². The lowest BCUT2D eigenvalue weighted by Crippen LogP contribution is -2.47.